The number of fused-ring (bicyclic) bond motifs is 1. The van der Waals surface area contributed by atoms with Gasteiger partial charge in [-0.3, -0.25) is 4.79 Å². The zero-order valence-electron chi connectivity index (χ0n) is 12.8. The Labute approximate surface area is 131 Å². The first-order valence-electron chi connectivity index (χ1n) is 7.77. The van der Waals surface area contributed by atoms with Gasteiger partial charge in [0.2, 0.25) is 0 Å². The second-order valence-corrected chi connectivity index (χ2v) is 7.84. The summed E-state index contributed by atoms with van der Waals surface area (Å²) < 4.78 is 0. The van der Waals surface area contributed by atoms with E-state index >= 15 is 0 Å². The van der Waals surface area contributed by atoms with Gasteiger partial charge in [-0.25, -0.2) is 0 Å². The number of carbonyl (C=O) groups is 1. The van der Waals surface area contributed by atoms with Crippen molar-refractivity contribution < 1.29 is 4.79 Å². The monoisotopic (exact) mass is 302 g/mol. The SMILES string of the molecule is CC1(C)CC(=O)C2=C(C1)NC(S)=C(C#N)C21CCCCC1. The van der Waals surface area contributed by atoms with Gasteiger partial charge in [-0.1, -0.05) is 33.1 Å². The standard InChI is InChI=1S/C17H22N2OS/c1-16(2)8-12-14(13(20)9-16)17(6-4-3-5-7-17)11(10-18)15(21)19-12/h19,21H,3-9H2,1-2H3. The third-order valence-corrected chi connectivity index (χ3v) is 5.49. The van der Waals surface area contributed by atoms with Gasteiger partial charge in [-0.15, -0.1) is 12.6 Å². The van der Waals surface area contributed by atoms with E-state index < -0.39 is 0 Å². The lowest BCUT2D eigenvalue weighted by Crippen LogP contribution is -2.44. The number of nitrogens with zero attached hydrogens (tertiary/aromatic N) is 1. The third kappa shape index (κ3) is 2.23. The average Bonchev–Trinajstić information content (AvgIpc) is 2.37. The molecular weight excluding hydrogens is 280 g/mol. The fraction of sp³-hybridized carbons (Fsp3) is 0.647. The van der Waals surface area contributed by atoms with E-state index in [2.05, 4.69) is 37.9 Å². The lowest BCUT2D eigenvalue weighted by atomic mass is 9.58. The van der Waals surface area contributed by atoms with Crippen LogP contribution in [0.4, 0.5) is 0 Å². The Morgan fingerprint density at radius 1 is 1.19 bits per heavy atom. The summed E-state index contributed by atoms with van der Waals surface area (Å²) in [6.07, 6.45) is 6.62. The summed E-state index contributed by atoms with van der Waals surface area (Å²) in [5.41, 5.74) is 2.21. The van der Waals surface area contributed by atoms with Crippen molar-refractivity contribution in [2.75, 3.05) is 0 Å². The first kappa shape index (κ1) is 14.7. The van der Waals surface area contributed by atoms with E-state index in [0.717, 1.165) is 43.4 Å². The fourth-order valence-electron chi connectivity index (χ4n) is 4.36. The maximum atomic E-state index is 12.8. The molecule has 1 heterocycles. The molecule has 0 unspecified atom stereocenters. The van der Waals surface area contributed by atoms with Gasteiger partial charge in [-0.05, 0) is 24.7 Å². The first-order valence-corrected chi connectivity index (χ1v) is 8.22. The van der Waals surface area contributed by atoms with E-state index in [1.807, 2.05) is 0 Å². The van der Waals surface area contributed by atoms with Crippen LogP contribution in [0.2, 0.25) is 0 Å². The Balaban J connectivity index is 2.16. The molecule has 0 radical (unpaired) electrons. The van der Waals surface area contributed by atoms with E-state index in [9.17, 15) is 10.1 Å². The van der Waals surface area contributed by atoms with Crippen LogP contribution in [-0.2, 0) is 4.79 Å². The van der Waals surface area contributed by atoms with Crippen LogP contribution in [0.3, 0.4) is 0 Å². The van der Waals surface area contributed by atoms with E-state index in [-0.39, 0.29) is 16.6 Å². The number of ketones is 1. The number of nitrogens with one attached hydrogen (secondary N) is 1. The van der Waals surface area contributed by atoms with Gasteiger partial charge in [-0.2, -0.15) is 5.26 Å². The molecule has 2 aliphatic carbocycles. The Hall–Kier alpha value is -1.21. The molecule has 0 amide bonds. The van der Waals surface area contributed by atoms with Crippen molar-refractivity contribution in [2.24, 2.45) is 10.8 Å². The number of carbonyl (C=O) groups excluding carboxylic acids is 1. The molecule has 1 saturated carbocycles. The predicted molar refractivity (Wildman–Crippen MR) is 85.3 cm³/mol. The van der Waals surface area contributed by atoms with Gasteiger partial charge in [0.1, 0.15) is 0 Å². The Morgan fingerprint density at radius 2 is 1.86 bits per heavy atom. The summed E-state index contributed by atoms with van der Waals surface area (Å²) >= 11 is 4.52. The van der Waals surface area contributed by atoms with Crippen LogP contribution in [0.5, 0.6) is 0 Å². The predicted octanol–water partition coefficient (Wildman–Crippen LogP) is 3.85. The number of hydrogen-bond donors (Lipinski definition) is 2. The second-order valence-electron chi connectivity index (χ2n) is 7.40. The van der Waals surface area contributed by atoms with Crippen molar-refractivity contribution in [2.45, 2.75) is 58.8 Å². The molecule has 1 aliphatic heterocycles. The molecule has 3 aliphatic rings. The number of rotatable bonds is 0. The summed E-state index contributed by atoms with van der Waals surface area (Å²) in [5, 5.41) is 13.5. The Bertz CT molecular complexity index is 601. The molecule has 0 saturated heterocycles. The molecule has 0 aromatic carbocycles. The van der Waals surface area contributed by atoms with Crippen molar-refractivity contribution in [1.29, 1.82) is 5.26 Å². The van der Waals surface area contributed by atoms with Crippen LogP contribution < -0.4 is 5.32 Å². The molecule has 1 fully saturated rings. The van der Waals surface area contributed by atoms with Gasteiger partial charge in [0.25, 0.3) is 0 Å². The largest absolute Gasteiger partial charge is 0.353 e. The zero-order chi connectivity index (χ0) is 15.3. The molecule has 4 heteroatoms. The zero-order valence-corrected chi connectivity index (χ0v) is 13.6. The summed E-state index contributed by atoms with van der Waals surface area (Å²) in [6.45, 7) is 4.26. The number of Topliss-reactive ketones (excluding diaryl/α,β-unsaturated/α-hetero) is 1. The lowest BCUT2D eigenvalue weighted by Gasteiger charge is -2.47. The minimum atomic E-state index is -0.363. The molecule has 0 aromatic heterocycles. The van der Waals surface area contributed by atoms with Gasteiger partial charge >= 0.3 is 0 Å². The number of hydrogen-bond acceptors (Lipinski definition) is 4. The highest BCUT2D eigenvalue weighted by Gasteiger charge is 2.50. The Morgan fingerprint density at radius 3 is 2.48 bits per heavy atom. The minimum absolute atomic E-state index is 0.0169. The molecule has 1 N–H and O–H groups in total. The van der Waals surface area contributed by atoms with Crippen molar-refractivity contribution in [1.82, 2.24) is 5.32 Å². The van der Waals surface area contributed by atoms with E-state index in [0.29, 0.717) is 17.0 Å². The first-order chi connectivity index (χ1) is 9.89. The molecule has 3 nitrogen and oxygen atoms in total. The van der Waals surface area contributed by atoms with E-state index in [1.165, 1.54) is 6.42 Å². The normalized spacial score (nSPS) is 27.2. The lowest BCUT2D eigenvalue weighted by molar-refractivity contribution is -0.119. The number of thiol groups is 1. The number of allylic oxidation sites excluding steroid dienone is 3. The Kier molecular flexibility index (Phi) is 3.44. The summed E-state index contributed by atoms with van der Waals surface area (Å²) in [4.78, 5) is 12.8. The summed E-state index contributed by atoms with van der Waals surface area (Å²) in [7, 11) is 0. The molecule has 0 atom stereocenters. The molecular formula is C17H22N2OS. The van der Waals surface area contributed by atoms with Crippen molar-refractivity contribution in [3.05, 3.63) is 21.9 Å². The van der Waals surface area contributed by atoms with Crippen LogP contribution in [-0.4, -0.2) is 5.78 Å². The maximum Gasteiger partial charge on any atom is 0.162 e. The van der Waals surface area contributed by atoms with Gasteiger partial charge in [0, 0.05) is 23.1 Å². The number of nitriles is 1. The van der Waals surface area contributed by atoms with Crippen LogP contribution in [0, 0.1) is 22.2 Å². The van der Waals surface area contributed by atoms with E-state index in [1.54, 1.807) is 0 Å². The minimum Gasteiger partial charge on any atom is -0.353 e. The second kappa shape index (κ2) is 4.91. The van der Waals surface area contributed by atoms with Crippen LogP contribution in [0.15, 0.2) is 21.9 Å². The maximum absolute atomic E-state index is 12.8. The molecule has 0 aromatic rings. The molecule has 3 rings (SSSR count). The fourth-order valence-corrected chi connectivity index (χ4v) is 4.75. The van der Waals surface area contributed by atoms with Gasteiger partial charge < -0.3 is 5.32 Å². The van der Waals surface area contributed by atoms with Gasteiger partial charge in [0.15, 0.2) is 5.78 Å². The van der Waals surface area contributed by atoms with Gasteiger partial charge in [0.05, 0.1) is 16.7 Å². The summed E-state index contributed by atoms with van der Waals surface area (Å²) in [5.74, 6) is 0.226. The quantitative estimate of drug-likeness (QED) is 0.668. The van der Waals surface area contributed by atoms with Crippen LogP contribution in [0.25, 0.3) is 0 Å². The smallest absolute Gasteiger partial charge is 0.162 e. The van der Waals surface area contributed by atoms with Crippen molar-refractivity contribution in [3.63, 3.8) is 0 Å². The molecule has 1 spiro atoms. The summed E-state index contributed by atoms with van der Waals surface area (Å²) in [6, 6.07) is 2.34. The van der Waals surface area contributed by atoms with Crippen molar-refractivity contribution >= 4 is 18.4 Å². The molecule has 0 bridgehead atoms. The van der Waals surface area contributed by atoms with Crippen molar-refractivity contribution in [3.8, 4) is 6.07 Å². The van der Waals surface area contributed by atoms with Crippen LogP contribution in [0.1, 0.15) is 58.8 Å². The molecule has 112 valence electrons. The third-order valence-electron chi connectivity index (χ3n) is 5.16. The average molecular weight is 302 g/mol. The van der Waals surface area contributed by atoms with E-state index in [4.69, 9.17) is 0 Å². The highest BCUT2D eigenvalue weighted by atomic mass is 32.1. The highest BCUT2D eigenvalue weighted by Crippen LogP contribution is 2.55. The number of dihydropyridines is 1. The topological polar surface area (TPSA) is 52.9 Å². The van der Waals surface area contributed by atoms with Crippen LogP contribution >= 0.6 is 12.6 Å². The molecule has 21 heavy (non-hydrogen) atoms. The highest BCUT2D eigenvalue weighted by molar-refractivity contribution is 7.84.